The number of carbonyl (C=O) groups is 1. The van der Waals surface area contributed by atoms with Crippen molar-refractivity contribution in [2.75, 3.05) is 31.1 Å². The van der Waals surface area contributed by atoms with Crippen LogP contribution in [0, 0.1) is 0 Å². The fourth-order valence-corrected chi connectivity index (χ4v) is 4.04. The van der Waals surface area contributed by atoms with Crippen LogP contribution in [-0.4, -0.2) is 51.8 Å². The minimum Gasteiger partial charge on any atom is -0.353 e. The number of hydrogen-bond donors (Lipinski definition) is 0. The van der Waals surface area contributed by atoms with Crippen molar-refractivity contribution < 1.29 is 4.79 Å². The predicted molar refractivity (Wildman–Crippen MR) is 126 cm³/mol. The fraction of sp³-hybridized carbons (Fsp3) is 0.160. The van der Waals surface area contributed by atoms with E-state index in [0.29, 0.717) is 29.4 Å². The maximum atomic E-state index is 13.6. The third-order valence-corrected chi connectivity index (χ3v) is 5.88. The molecule has 2 aromatic carbocycles. The second-order valence-electron chi connectivity index (χ2n) is 7.65. The average molecular weight is 444 g/mol. The smallest absolute Gasteiger partial charge is 0.257 e. The molecule has 0 saturated carbocycles. The molecular formula is C25H22ClN5O. The maximum Gasteiger partial charge on any atom is 0.257 e. The zero-order chi connectivity index (χ0) is 21.9. The molecule has 1 aliphatic rings. The molecule has 0 atom stereocenters. The summed E-state index contributed by atoms with van der Waals surface area (Å²) in [7, 11) is 0. The molecular weight excluding hydrogens is 422 g/mol. The molecule has 0 aliphatic carbocycles. The van der Waals surface area contributed by atoms with Gasteiger partial charge < -0.3 is 9.80 Å². The number of anilines is 1. The van der Waals surface area contributed by atoms with E-state index < -0.39 is 0 Å². The summed E-state index contributed by atoms with van der Waals surface area (Å²) in [4.78, 5) is 22.1. The second kappa shape index (κ2) is 8.85. The van der Waals surface area contributed by atoms with Crippen LogP contribution in [0.1, 0.15) is 10.4 Å². The molecule has 2 aromatic heterocycles. The number of rotatable bonds is 4. The number of hydrogen-bond acceptors (Lipinski definition) is 4. The third-order valence-electron chi connectivity index (χ3n) is 5.62. The molecule has 0 bridgehead atoms. The number of pyridine rings is 1. The van der Waals surface area contributed by atoms with Crippen molar-refractivity contribution in [2.24, 2.45) is 0 Å². The SMILES string of the molecule is O=C(c1cn(-c2ccccc2)nc1-c1ccc(Cl)cc1)N1CCN(c2ccccn2)CC1. The number of benzene rings is 2. The summed E-state index contributed by atoms with van der Waals surface area (Å²) in [5, 5.41) is 5.41. The minimum absolute atomic E-state index is 0.0159. The van der Waals surface area contributed by atoms with Crippen LogP contribution < -0.4 is 4.90 Å². The van der Waals surface area contributed by atoms with Crippen molar-refractivity contribution in [3.63, 3.8) is 0 Å². The molecule has 1 fully saturated rings. The van der Waals surface area contributed by atoms with Gasteiger partial charge in [0.1, 0.15) is 11.5 Å². The zero-order valence-corrected chi connectivity index (χ0v) is 18.2. The van der Waals surface area contributed by atoms with Gasteiger partial charge in [0.15, 0.2) is 0 Å². The highest BCUT2D eigenvalue weighted by molar-refractivity contribution is 6.30. The van der Waals surface area contributed by atoms with E-state index >= 15 is 0 Å². The number of nitrogens with zero attached hydrogens (tertiary/aromatic N) is 5. The molecule has 0 unspecified atom stereocenters. The minimum atomic E-state index is -0.0159. The summed E-state index contributed by atoms with van der Waals surface area (Å²) in [5.41, 5.74) is 3.01. The van der Waals surface area contributed by atoms with E-state index in [-0.39, 0.29) is 5.91 Å². The van der Waals surface area contributed by atoms with Gasteiger partial charge in [0.2, 0.25) is 0 Å². The fourth-order valence-electron chi connectivity index (χ4n) is 3.91. The van der Waals surface area contributed by atoms with Crippen molar-refractivity contribution in [3.8, 4) is 16.9 Å². The Morgan fingerprint density at radius 2 is 1.56 bits per heavy atom. The van der Waals surface area contributed by atoms with Crippen molar-refractivity contribution in [1.82, 2.24) is 19.7 Å². The first-order valence-corrected chi connectivity index (χ1v) is 10.9. The van der Waals surface area contributed by atoms with Gasteiger partial charge in [-0.2, -0.15) is 5.10 Å². The topological polar surface area (TPSA) is 54.3 Å². The lowest BCUT2D eigenvalue weighted by atomic mass is 10.1. The third kappa shape index (κ3) is 4.09. The number of amides is 1. The van der Waals surface area contributed by atoms with E-state index in [1.807, 2.05) is 83.9 Å². The molecule has 4 aromatic rings. The Bertz CT molecular complexity index is 1200. The Labute approximate surface area is 191 Å². The molecule has 3 heterocycles. The molecule has 0 N–H and O–H groups in total. The first kappa shape index (κ1) is 20.3. The summed E-state index contributed by atoms with van der Waals surface area (Å²) < 4.78 is 1.77. The largest absolute Gasteiger partial charge is 0.353 e. The summed E-state index contributed by atoms with van der Waals surface area (Å²) in [6.45, 7) is 2.75. The summed E-state index contributed by atoms with van der Waals surface area (Å²) in [5.74, 6) is 0.927. The van der Waals surface area contributed by atoms with Gasteiger partial charge in [-0.25, -0.2) is 9.67 Å². The Morgan fingerprint density at radius 3 is 2.25 bits per heavy atom. The normalized spacial score (nSPS) is 13.9. The Balaban J connectivity index is 1.43. The van der Waals surface area contributed by atoms with Gasteiger partial charge in [0.25, 0.3) is 5.91 Å². The quantitative estimate of drug-likeness (QED) is 0.464. The van der Waals surface area contributed by atoms with Crippen LogP contribution in [0.25, 0.3) is 16.9 Å². The molecule has 0 radical (unpaired) electrons. The number of para-hydroxylation sites is 1. The van der Waals surface area contributed by atoms with Crippen LogP contribution in [0.4, 0.5) is 5.82 Å². The van der Waals surface area contributed by atoms with Crippen molar-refractivity contribution in [1.29, 1.82) is 0 Å². The van der Waals surface area contributed by atoms with Crippen LogP contribution in [0.2, 0.25) is 5.02 Å². The molecule has 7 heteroatoms. The van der Waals surface area contributed by atoms with E-state index in [4.69, 9.17) is 16.7 Å². The van der Waals surface area contributed by atoms with Gasteiger partial charge in [-0.05, 0) is 36.4 Å². The number of halogens is 1. The standard InChI is InChI=1S/C25H22ClN5O/c26-20-11-9-19(10-12-20)24-22(18-31(28-24)21-6-2-1-3-7-21)25(32)30-16-14-29(15-17-30)23-8-4-5-13-27-23/h1-13,18H,14-17H2. The van der Waals surface area contributed by atoms with Crippen LogP contribution in [0.3, 0.4) is 0 Å². The first-order valence-electron chi connectivity index (χ1n) is 10.6. The lowest BCUT2D eigenvalue weighted by Gasteiger charge is -2.35. The highest BCUT2D eigenvalue weighted by Crippen LogP contribution is 2.27. The van der Waals surface area contributed by atoms with Crippen LogP contribution in [0.15, 0.2) is 85.2 Å². The first-order chi connectivity index (χ1) is 15.7. The molecule has 5 rings (SSSR count). The predicted octanol–water partition coefficient (Wildman–Crippen LogP) is 4.55. The van der Waals surface area contributed by atoms with E-state index in [1.54, 1.807) is 10.9 Å². The molecule has 1 aliphatic heterocycles. The molecule has 1 amide bonds. The monoisotopic (exact) mass is 443 g/mol. The second-order valence-corrected chi connectivity index (χ2v) is 8.08. The summed E-state index contributed by atoms with van der Waals surface area (Å²) >= 11 is 6.08. The van der Waals surface area contributed by atoms with Gasteiger partial charge in [-0.3, -0.25) is 4.79 Å². The van der Waals surface area contributed by atoms with E-state index in [0.717, 1.165) is 30.2 Å². The highest BCUT2D eigenvalue weighted by atomic mass is 35.5. The molecule has 0 spiro atoms. The number of piperazine rings is 1. The van der Waals surface area contributed by atoms with Crippen molar-refractivity contribution in [3.05, 3.63) is 95.8 Å². The molecule has 1 saturated heterocycles. The van der Waals surface area contributed by atoms with E-state index in [1.165, 1.54) is 0 Å². The Hall–Kier alpha value is -3.64. The van der Waals surface area contributed by atoms with Crippen molar-refractivity contribution in [2.45, 2.75) is 0 Å². The van der Waals surface area contributed by atoms with Crippen LogP contribution in [0.5, 0.6) is 0 Å². The molecule has 6 nitrogen and oxygen atoms in total. The van der Waals surface area contributed by atoms with Crippen LogP contribution in [-0.2, 0) is 0 Å². The summed E-state index contributed by atoms with van der Waals surface area (Å²) in [6, 6.07) is 23.1. The van der Waals surface area contributed by atoms with E-state index in [2.05, 4.69) is 9.88 Å². The number of carbonyl (C=O) groups excluding carboxylic acids is 1. The lowest BCUT2D eigenvalue weighted by molar-refractivity contribution is 0.0747. The summed E-state index contributed by atoms with van der Waals surface area (Å²) in [6.07, 6.45) is 3.62. The maximum absolute atomic E-state index is 13.6. The van der Waals surface area contributed by atoms with Crippen LogP contribution >= 0.6 is 11.6 Å². The van der Waals surface area contributed by atoms with Gasteiger partial charge in [0, 0.05) is 49.2 Å². The van der Waals surface area contributed by atoms with Gasteiger partial charge in [-0.1, -0.05) is 48.0 Å². The number of aromatic nitrogens is 3. The zero-order valence-electron chi connectivity index (χ0n) is 17.4. The lowest BCUT2D eigenvalue weighted by Crippen LogP contribution is -2.49. The van der Waals surface area contributed by atoms with E-state index in [9.17, 15) is 4.79 Å². The Morgan fingerprint density at radius 1 is 0.844 bits per heavy atom. The average Bonchev–Trinajstić information content (AvgIpc) is 3.31. The van der Waals surface area contributed by atoms with Gasteiger partial charge >= 0.3 is 0 Å². The molecule has 32 heavy (non-hydrogen) atoms. The van der Waals surface area contributed by atoms with Gasteiger partial charge in [-0.15, -0.1) is 0 Å². The van der Waals surface area contributed by atoms with Gasteiger partial charge in [0.05, 0.1) is 11.3 Å². The highest BCUT2D eigenvalue weighted by Gasteiger charge is 2.27. The Kier molecular flexibility index (Phi) is 5.60. The molecule has 160 valence electrons. The van der Waals surface area contributed by atoms with Crippen molar-refractivity contribution >= 4 is 23.3 Å².